The number of benzene rings is 1. The molecule has 1 unspecified atom stereocenters. The van der Waals surface area contributed by atoms with Gasteiger partial charge in [-0.2, -0.15) is 5.10 Å². The predicted molar refractivity (Wildman–Crippen MR) is 82.4 cm³/mol. The lowest BCUT2D eigenvalue weighted by molar-refractivity contribution is 0.0969. The molecule has 1 aromatic carbocycles. The van der Waals surface area contributed by atoms with Crippen LogP contribution in [0, 0.1) is 0 Å². The van der Waals surface area contributed by atoms with Crippen LogP contribution in [-0.4, -0.2) is 40.7 Å². The van der Waals surface area contributed by atoms with Gasteiger partial charge in [0, 0.05) is 38.2 Å². The number of hydrogen-bond donors (Lipinski definition) is 2. The molecular formula is C16H23N3O2. The van der Waals surface area contributed by atoms with Crippen molar-refractivity contribution in [2.24, 2.45) is 0 Å². The van der Waals surface area contributed by atoms with E-state index in [1.165, 1.54) is 5.56 Å². The van der Waals surface area contributed by atoms with Crippen molar-refractivity contribution in [1.29, 1.82) is 0 Å². The van der Waals surface area contributed by atoms with E-state index in [0.717, 1.165) is 12.2 Å². The molecule has 0 fully saturated rings. The van der Waals surface area contributed by atoms with Gasteiger partial charge in [-0.15, -0.1) is 0 Å². The largest absolute Gasteiger partial charge is 0.396 e. The van der Waals surface area contributed by atoms with Crippen molar-refractivity contribution in [2.45, 2.75) is 25.4 Å². The van der Waals surface area contributed by atoms with Crippen LogP contribution in [0.5, 0.6) is 0 Å². The van der Waals surface area contributed by atoms with Crippen LogP contribution < -0.4 is 5.32 Å². The normalized spacial score (nSPS) is 14.0. The van der Waals surface area contributed by atoms with E-state index in [-0.39, 0.29) is 12.1 Å². The van der Waals surface area contributed by atoms with Crippen molar-refractivity contribution < 1.29 is 9.84 Å². The lowest BCUT2D eigenvalue weighted by atomic mass is 9.99. The Hall–Kier alpha value is -1.69. The molecule has 2 aromatic rings. The summed E-state index contributed by atoms with van der Waals surface area (Å²) in [5.41, 5.74) is 2.01. The van der Waals surface area contributed by atoms with E-state index in [4.69, 9.17) is 9.84 Å². The fourth-order valence-electron chi connectivity index (χ4n) is 2.28. The molecule has 5 heteroatoms. The Labute approximate surface area is 125 Å². The second-order valence-electron chi connectivity index (χ2n) is 5.44. The summed E-state index contributed by atoms with van der Waals surface area (Å²) in [6, 6.07) is 10.2. The van der Waals surface area contributed by atoms with Gasteiger partial charge in [-0.25, -0.2) is 4.68 Å². The van der Waals surface area contributed by atoms with Gasteiger partial charge in [-0.1, -0.05) is 12.1 Å². The topological polar surface area (TPSA) is 59.3 Å². The number of aliphatic hydroxyl groups is 1. The van der Waals surface area contributed by atoms with Gasteiger partial charge in [-0.05, 0) is 37.1 Å². The molecular weight excluding hydrogens is 266 g/mol. The maximum atomic E-state index is 9.16. The molecule has 2 N–H and O–H groups in total. The third-order valence-corrected chi connectivity index (χ3v) is 3.55. The van der Waals surface area contributed by atoms with Gasteiger partial charge < -0.3 is 15.2 Å². The number of aromatic nitrogens is 2. The van der Waals surface area contributed by atoms with Crippen molar-refractivity contribution >= 4 is 0 Å². The highest BCUT2D eigenvalue weighted by molar-refractivity contribution is 5.33. The molecule has 0 radical (unpaired) electrons. The van der Waals surface area contributed by atoms with Crippen LogP contribution in [-0.2, 0) is 11.3 Å². The highest BCUT2D eigenvalue weighted by Gasteiger charge is 2.22. The Morgan fingerprint density at radius 1 is 1.33 bits per heavy atom. The van der Waals surface area contributed by atoms with E-state index >= 15 is 0 Å². The van der Waals surface area contributed by atoms with Gasteiger partial charge >= 0.3 is 0 Å². The molecule has 0 saturated carbocycles. The van der Waals surface area contributed by atoms with E-state index in [1.807, 2.05) is 29.1 Å². The number of ether oxygens (including phenoxy) is 1. The molecule has 0 aliphatic rings. The molecule has 0 aliphatic carbocycles. The third-order valence-electron chi connectivity index (χ3n) is 3.55. The van der Waals surface area contributed by atoms with Crippen molar-refractivity contribution in [1.82, 2.24) is 15.1 Å². The summed E-state index contributed by atoms with van der Waals surface area (Å²) in [5, 5.41) is 16.8. The van der Waals surface area contributed by atoms with E-state index in [9.17, 15) is 0 Å². The van der Waals surface area contributed by atoms with E-state index in [1.54, 1.807) is 13.3 Å². The van der Waals surface area contributed by atoms with Gasteiger partial charge in [0.25, 0.3) is 0 Å². The third kappa shape index (κ3) is 4.39. The van der Waals surface area contributed by atoms with Gasteiger partial charge in [0.15, 0.2) is 0 Å². The summed E-state index contributed by atoms with van der Waals surface area (Å²) >= 11 is 0. The highest BCUT2D eigenvalue weighted by atomic mass is 16.5. The first kappa shape index (κ1) is 15.7. The van der Waals surface area contributed by atoms with Crippen LogP contribution in [0.15, 0.2) is 42.7 Å². The maximum Gasteiger partial charge on any atom is 0.0645 e. The first-order valence-corrected chi connectivity index (χ1v) is 7.11. The average molecular weight is 289 g/mol. The minimum absolute atomic E-state index is 0.144. The molecule has 0 aliphatic heterocycles. The second-order valence-corrected chi connectivity index (χ2v) is 5.44. The molecule has 5 nitrogen and oxygen atoms in total. The Bertz CT molecular complexity index is 517. The zero-order valence-corrected chi connectivity index (χ0v) is 12.6. The zero-order valence-electron chi connectivity index (χ0n) is 12.6. The maximum absolute atomic E-state index is 9.16. The molecule has 0 bridgehead atoms. The standard InChI is InChI=1S/C16H23N3O2/c1-16(8-11-20,13-21-2)17-12-14-4-6-15(7-5-14)19-10-3-9-18-19/h3-7,9-10,17,20H,8,11-13H2,1-2H3. The van der Waals surface area contributed by atoms with Gasteiger partial charge in [0.05, 0.1) is 12.3 Å². The minimum atomic E-state index is -0.218. The lowest BCUT2D eigenvalue weighted by Gasteiger charge is -2.29. The first-order valence-electron chi connectivity index (χ1n) is 7.11. The van der Waals surface area contributed by atoms with Crippen molar-refractivity contribution in [3.05, 3.63) is 48.3 Å². The van der Waals surface area contributed by atoms with Crippen LogP contribution in [0.1, 0.15) is 18.9 Å². The van der Waals surface area contributed by atoms with E-state index < -0.39 is 0 Å². The fraction of sp³-hybridized carbons (Fsp3) is 0.438. The molecule has 0 spiro atoms. The molecule has 0 saturated heterocycles. The monoisotopic (exact) mass is 289 g/mol. The summed E-state index contributed by atoms with van der Waals surface area (Å²) in [5.74, 6) is 0. The molecule has 2 rings (SSSR count). The number of nitrogens with zero attached hydrogens (tertiary/aromatic N) is 2. The van der Waals surface area contributed by atoms with E-state index in [2.05, 4.69) is 29.5 Å². The smallest absolute Gasteiger partial charge is 0.0645 e. The number of aliphatic hydroxyl groups excluding tert-OH is 1. The van der Waals surface area contributed by atoms with Crippen LogP contribution in [0.2, 0.25) is 0 Å². The van der Waals surface area contributed by atoms with Gasteiger partial charge in [0.2, 0.25) is 0 Å². The Kier molecular flexibility index (Phi) is 5.50. The summed E-state index contributed by atoms with van der Waals surface area (Å²) in [7, 11) is 1.68. The van der Waals surface area contributed by atoms with Crippen molar-refractivity contribution in [3.8, 4) is 5.69 Å². The van der Waals surface area contributed by atoms with Crippen LogP contribution in [0.4, 0.5) is 0 Å². The molecule has 0 amide bonds. The van der Waals surface area contributed by atoms with Crippen LogP contribution >= 0.6 is 0 Å². The Morgan fingerprint density at radius 3 is 2.67 bits per heavy atom. The molecule has 1 heterocycles. The van der Waals surface area contributed by atoms with Gasteiger partial charge in [-0.3, -0.25) is 0 Å². The van der Waals surface area contributed by atoms with Crippen LogP contribution in [0.25, 0.3) is 5.69 Å². The minimum Gasteiger partial charge on any atom is -0.396 e. The Balaban J connectivity index is 1.96. The zero-order chi connectivity index (χ0) is 15.1. The van der Waals surface area contributed by atoms with E-state index in [0.29, 0.717) is 13.0 Å². The van der Waals surface area contributed by atoms with Crippen molar-refractivity contribution in [3.63, 3.8) is 0 Å². The first-order chi connectivity index (χ1) is 10.2. The van der Waals surface area contributed by atoms with Crippen LogP contribution in [0.3, 0.4) is 0 Å². The number of methoxy groups -OCH3 is 1. The molecule has 21 heavy (non-hydrogen) atoms. The highest BCUT2D eigenvalue weighted by Crippen LogP contribution is 2.13. The van der Waals surface area contributed by atoms with Gasteiger partial charge in [0.1, 0.15) is 0 Å². The average Bonchev–Trinajstić information content (AvgIpc) is 3.01. The predicted octanol–water partition coefficient (Wildman–Crippen LogP) is 1.75. The number of rotatable bonds is 8. The fourth-order valence-corrected chi connectivity index (χ4v) is 2.28. The summed E-state index contributed by atoms with van der Waals surface area (Å²) in [6.45, 7) is 3.51. The molecule has 1 atom stereocenters. The van der Waals surface area contributed by atoms with Crippen molar-refractivity contribution in [2.75, 3.05) is 20.3 Å². The number of nitrogens with one attached hydrogen (secondary N) is 1. The molecule has 114 valence electrons. The summed E-state index contributed by atoms with van der Waals surface area (Å²) in [4.78, 5) is 0. The lowest BCUT2D eigenvalue weighted by Crippen LogP contribution is -2.46. The Morgan fingerprint density at radius 2 is 2.10 bits per heavy atom. The second kappa shape index (κ2) is 7.36. The summed E-state index contributed by atoms with van der Waals surface area (Å²) in [6.07, 6.45) is 4.34. The quantitative estimate of drug-likeness (QED) is 0.777. The number of hydrogen-bond acceptors (Lipinski definition) is 4. The summed E-state index contributed by atoms with van der Waals surface area (Å²) < 4.78 is 7.06. The molecule has 1 aromatic heterocycles. The SMILES string of the molecule is COCC(C)(CCO)NCc1ccc(-n2cccn2)cc1.